The van der Waals surface area contributed by atoms with Crippen LogP contribution in [-0.4, -0.2) is 18.5 Å². The van der Waals surface area contributed by atoms with Crippen molar-refractivity contribution in [3.63, 3.8) is 0 Å². The van der Waals surface area contributed by atoms with Gasteiger partial charge in [0, 0.05) is 17.1 Å². The summed E-state index contributed by atoms with van der Waals surface area (Å²) in [7, 11) is 0. The molecular weight excluding hydrogens is 232 g/mol. The molecule has 0 bridgehead atoms. The molecule has 2 unspecified atom stereocenters. The molecule has 0 radical (unpaired) electrons. The van der Waals surface area contributed by atoms with Gasteiger partial charge in [-0.05, 0) is 12.8 Å². The van der Waals surface area contributed by atoms with Crippen LogP contribution in [0.3, 0.4) is 0 Å². The van der Waals surface area contributed by atoms with Crippen LogP contribution in [0.4, 0.5) is 0 Å². The van der Waals surface area contributed by atoms with E-state index in [4.69, 9.17) is 5.73 Å². The van der Waals surface area contributed by atoms with E-state index in [1.165, 1.54) is 0 Å². The second-order valence-corrected chi connectivity index (χ2v) is 4.56. The lowest BCUT2D eigenvalue weighted by Crippen LogP contribution is -2.38. The fourth-order valence-electron chi connectivity index (χ4n) is 1.63. The van der Waals surface area contributed by atoms with Crippen LogP contribution in [-0.2, 0) is 4.79 Å². The minimum Gasteiger partial charge on any atom is -0.351 e. The van der Waals surface area contributed by atoms with Crippen molar-refractivity contribution in [1.29, 1.82) is 0 Å². The number of amides is 1. The first-order valence-corrected chi connectivity index (χ1v) is 5.27. The molecule has 1 saturated carbocycles. The van der Waals surface area contributed by atoms with Crippen molar-refractivity contribution in [2.24, 2.45) is 11.7 Å². The van der Waals surface area contributed by atoms with Gasteiger partial charge in [0.15, 0.2) is 0 Å². The van der Waals surface area contributed by atoms with Crippen molar-refractivity contribution in [3.05, 3.63) is 11.1 Å². The van der Waals surface area contributed by atoms with E-state index in [-0.39, 0.29) is 17.9 Å². The fourth-order valence-corrected chi connectivity index (χ4v) is 1.77. The van der Waals surface area contributed by atoms with Gasteiger partial charge < -0.3 is 11.1 Å². The number of nitrogens with one attached hydrogen (secondary N) is 1. The Morgan fingerprint density at radius 3 is 2.77 bits per heavy atom. The Balaban J connectivity index is 2.34. The average molecular weight is 247 g/mol. The molecule has 1 amide bonds. The molecule has 3 nitrogen and oxygen atoms in total. The number of hydrogen-bond acceptors (Lipinski definition) is 2. The highest BCUT2D eigenvalue weighted by Crippen LogP contribution is 2.23. The van der Waals surface area contributed by atoms with Gasteiger partial charge >= 0.3 is 0 Å². The number of rotatable bonds is 3. The van der Waals surface area contributed by atoms with E-state index in [2.05, 4.69) is 27.8 Å². The molecule has 1 fully saturated rings. The largest absolute Gasteiger partial charge is 0.351 e. The Kier molecular flexibility index (Phi) is 3.93. The number of carbonyl (C=O) groups is 1. The average Bonchev–Trinajstić information content (AvgIpc) is 2.47. The van der Waals surface area contributed by atoms with Crippen LogP contribution in [0.5, 0.6) is 0 Å². The van der Waals surface area contributed by atoms with Crippen LogP contribution >= 0.6 is 15.9 Å². The zero-order valence-corrected chi connectivity index (χ0v) is 9.14. The van der Waals surface area contributed by atoms with Gasteiger partial charge in [0.05, 0.1) is 5.92 Å². The molecule has 0 heterocycles. The Morgan fingerprint density at radius 2 is 2.31 bits per heavy atom. The SMILES string of the molecule is C=C(Br)CNC(=O)C1CCCC1N. The molecule has 4 heteroatoms. The standard InChI is InChI=1S/C9H15BrN2O/c1-6(10)5-12-9(13)7-3-2-4-8(7)11/h7-8H,1-5,11H2,(H,12,13). The molecule has 1 aliphatic carbocycles. The van der Waals surface area contributed by atoms with Gasteiger partial charge in [-0.1, -0.05) is 28.9 Å². The first-order valence-electron chi connectivity index (χ1n) is 4.48. The fraction of sp³-hybridized carbons (Fsp3) is 0.667. The third-order valence-electron chi connectivity index (χ3n) is 2.36. The Morgan fingerprint density at radius 1 is 1.62 bits per heavy atom. The molecule has 0 aliphatic heterocycles. The lowest BCUT2D eigenvalue weighted by molar-refractivity contribution is -0.124. The highest BCUT2D eigenvalue weighted by atomic mass is 79.9. The summed E-state index contributed by atoms with van der Waals surface area (Å²) in [6, 6.07) is 0.0450. The van der Waals surface area contributed by atoms with Crippen LogP contribution in [0.2, 0.25) is 0 Å². The summed E-state index contributed by atoms with van der Waals surface area (Å²) >= 11 is 3.19. The Hall–Kier alpha value is -0.350. The predicted molar refractivity (Wildman–Crippen MR) is 56.4 cm³/mol. The highest BCUT2D eigenvalue weighted by Gasteiger charge is 2.29. The molecule has 2 atom stereocenters. The van der Waals surface area contributed by atoms with E-state index in [1.807, 2.05) is 0 Å². The van der Waals surface area contributed by atoms with Crippen LogP contribution in [0.1, 0.15) is 19.3 Å². The number of carbonyl (C=O) groups excluding carboxylic acids is 1. The van der Waals surface area contributed by atoms with E-state index < -0.39 is 0 Å². The third kappa shape index (κ3) is 3.12. The molecule has 1 rings (SSSR count). The van der Waals surface area contributed by atoms with Crippen molar-refractivity contribution in [3.8, 4) is 0 Å². The van der Waals surface area contributed by atoms with E-state index >= 15 is 0 Å². The quantitative estimate of drug-likeness (QED) is 0.785. The summed E-state index contributed by atoms with van der Waals surface area (Å²) in [6.45, 7) is 4.13. The van der Waals surface area contributed by atoms with Crippen molar-refractivity contribution in [2.45, 2.75) is 25.3 Å². The minimum atomic E-state index is 0.00634. The van der Waals surface area contributed by atoms with Gasteiger partial charge in [-0.3, -0.25) is 4.79 Å². The van der Waals surface area contributed by atoms with Crippen molar-refractivity contribution in [1.82, 2.24) is 5.32 Å². The molecule has 0 aromatic rings. The smallest absolute Gasteiger partial charge is 0.224 e. The van der Waals surface area contributed by atoms with E-state index in [9.17, 15) is 4.79 Å². The van der Waals surface area contributed by atoms with Crippen LogP contribution in [0.15, 0.2) is 11.1 Å². The molecule has 0 aromatic heterocycles. The van der Waals surface area contributed by atoms with E-state index in [0.29, 0.717) is 6.54 Å². The van der Waals surface area contributed by atoms with Crippen molar-refractivity contribution < 1.29 is 4.79 Å². The predicted octanol–water partition coefficient (Wildman–Crippen LogP) is 1.14. The number of nitrogens with two attached hydrogens (primary N) is 1. The summed E-state index contributed by atoms with van der Waals surface area (Å²) in [4.78, 5) is 11.5. The third-order valence-corrected chi connectivity index (χ3v) is 2.64. The topological polar surface area (TPSA) is 55.1 Å². The summed E-state index contributed by atoms with van der Waals surface area (Å²) < 4.78 is 0.785. The molecule has 1 aliphatic rings. The lowest BCUT2D eigenvalue weighted by atomic mass is 10.0. The Labute approximate surface area is 86.9 Å². The molecule has 0 spiro atoms. The zero-order chi connectivity index (χ0) is 9.84. The summed E-state index contributed by atoms with van der Waals surface area (Å²) in [5.74, 6) is 0.0671. The van der Waals surface area contributed by atoms with E-state index in [1.54, 1.807) is 0 Å². The van der Waals surface area contributed by atoms with Gasteiger partial charge in [0.1, 0.15) is 0 Å². The molecule has 0 aromatic carbocycles. The summed E-state index contributed by atoms with van der Waals surface area (Å²) in [5, 5.41) is 2.79. The van der Waals surface area contributed by atoms with E-state index in [0.717, 1.165) is 23.7 Å². The minimum absolute atomic E-state index is 0.00634. The maximum absolute atomic E-state index is 11.5. The van der Waals surface area contributed by atoms with Crippen LogP contribution in [0, 0.1) is 5.92 Å². The Bertz CT molecular complexity index is 218. The molecular formula is C9H15BrN2O. The summed E-state index contributed by atoms with van der Waals surface area (Å²) in [6.07, 6.45) is 2.95. The monoisotopic (exact) mass is 246 g/mol. The van der Waals surface area contributed by atoms with Gasteiger partial charge in [-0.25, -0.2) is 0 Å². The lowest BCUT2D eigenvalue weighted by Gasteiger charge is -2.14. The number of hydrogen-bond donors (Lipinski definition) is 2. The summed E-state index contributed by atoms with van der Waals surface area (Å²) in [5.41, 5.74) is 5.79. The first-order chi connectivity index (χ1) is 6.11. The van der Waals surface area contributed by atoms with Gasteiger partial charge in [-0.2, -0.15) is 0 Å². The van der Waals surface area contributed by atoms with Crippen LogP contribution in [0.25, 0.3) is 0 Å². The van der Waals surface area contributed by atoms with Gasteiger partial charge in [0.2, 0.25) is 5.91 Å². The van der Waals surface area contributed by atoms with Gasteiger partial charge in [-0.15, -0.1) is 0 Å². The highest BCUT2D eigenvalue weighted by molar-refractivity contribution is 9.11. The second-order valence-electron chi connectivity index (χ2n) is 3.44. The van der Waals surface area contributed by atoms with Gasteiger partial charge in [0.25, 0.3) is 0 Å². The zero-order valence-electron chi connectivity index (χ0n) is 7.55. The molecule has 13 heavy (non-hydrogen) atoms. The first kappa shape index (κ1) is 10.7. The molecule has 0 saturated heterocycles. The maximum Gasteiger partial charge on any atom is 0.224 e. The number of halogens is 1. The van der Waals surface area contributed by atoms with Crippen LogP contribution < -0.4 is 11.1 Å². The second kappa shape index (κ2) is 4.77. The normalized spacial score (nSPS) is 27.2. The maximum atomic E-state index is 11.5. The van der Waals surface area contributed by atoms with Crippen molar-refractivity contribution in [2.75, 3.05) is 6.54 Å². The van der Waals surface area contributed by atoms with Crippen molar-refractivity contribution >= 4 is 21.8 Å². The molecule has 74 valence electrons. The molecule has 3 N–H and O–H groups in total.